The highest BCUT2D eigenvalue weighted by atomic mass is 19.1. The molecule has 0 aliphatic rings. The van der Waals surface area contributed by atoms with Gasteiger partial charge in [0.15, 0.2) is 0 Å². The van der Waals surface area contributed by atoms with Crippen LogP contribution in [0.5, 0.6) is 0 Å². The van der Waals surface area contributed by atoms with Gasteiger partial charge >= 0.3 is 0 Å². The minimum absolute atomic E-state index is 0.130. The van der Waals surface area contributed by atoms with Crippen LogP contribution in [0, 0.1) is 5.82 Å². The van der Waals surface area contributed by atoms with Gasteiger partial charge in [-0.05, 0) is 39.0 Å². The Bertz CT molecular complexity index is 721. The highest BCUT2D eigenvalue weighted by Gasteiger charge is 2.26. The number of halogens is 1. The van der Waals surface area contributed by atoms with Crippen LogP contribution < -0.4 is 5.32 Å². The van der Waals surface area contributed by atoms with Crippen LogP contribution in [0.4, 0.5) is 10.2 Å². The van der Waals surface area contributed by atoms with Crippen molar-refractivity contribution >= 4 is 11.7 Å². The third-order valence-electron chi connectivity index (χ3n) is 3.44. The van der Waals surface area contributed by atoms with Crippen molar-refractivity contribution in [2.24, 2.45) is 0 Å². The number of rotatable bonds is 2. The van der Waals surface area contributed by atoms with E-state index < -0.39 is 5.82 Å². The van der Waals surface area contributed by atoms with Crippen LogP contribution in [0.3, 0.4) is 0 Å². The maximum atomic E-state index is 13.3. The lowest BCUT2D eigenvalue weighted by Gasteiger charge is -2.23. The van der Waals surface area contributed by atoms with Crippen LogP contribution in [0.2, 0.25) is 0 Å². The van der Waals surface area contributed by atoms with Crippen LogP contribution in [-0.2, 0) is 11.0 Å². The van der Waals surface area contributed by atoms with Crippen molar-refractivity contribution in [2.45, 2.75) is 52.5 Å². The molecule has 1 amide bonds. The number of hydrogen-bond donors (Lipinski definition) is 1. The standard InChI is InChI=1S/C18H24FN3O/c1-17(2,3)14-11-15(22(21-14)18(4,5)6)20-16(23)12-8-7-9-13(19)10-12/h7-11H,1-6H3,(H,20,23). The molecule has 0 aliphatic heterocycles. The summed E-state index contributed by atoms with van der Waals surface area (Å²) >= 11 is 0. The van der Waals surface area contributed by atoms with E-state index in [1.807, 2.05) is 26.8 Å². The van der Waals surface area contributed by atoms with E-state index in [0.717, 1.165) is 5.69 Å². The molecule has 1 heterocycles. The summed E-state index contributed by atoms with van der Waals surface area (Å²) in [5.74, 6) is -0.176. The molecule has 0 saturated heterocycles. The lowest BCUT2D eigenvalue weighted by Crippen LogP contribution is -2.27. The van der Waals surface area contributed by atoms with Crippen molar-refractivity contribution in [3.05, 3.63) is 47.4 Å². The second-order valence-corrected chi connectivity index (χ2v) is 7.71. The van der Waals surface area contributed by atoms with Crippen molar-refractivity contribution in [3.63, 3.8) is 0 Å². The van der Waals surface area contributed by atoms with Gasteiger partial charge in [-0.25, -0.2) is 9.07 Å². The summed E-state index contributed by atoms with van der Waals surface area (Å²) in [7, 11) is 0. The molecule has 5 heteroatoms. The number of hydrogen-bond acceptors (Lipinski definition) is 2. The maximum Gasteiger partial charge on any atom is 0.256 e. The molecule has 0 spiro atoms. The summed E-state index contributed by atoms with van der Waals surface area (Å²) in [4.78, 5) is 12.4. The Balaban J connectivity index is 2.39. The smallest absolute Gasteiger partial charge is 0.256 e. The highest BCUT2D eigenvalue weighted by Crippen LogP contribution is 2.28. The van der Waals surface area contributed by atoms with E-state index in [9.17, 15) is 9.18 Å². The van der Waals surface area contributed by atoms with Gasteiger partial charge in [0.05, 0.1) is 11.2 Å². The van der Waals surface area contributed by atoms with Crippen LogP contribution in [-0.4, -0.2) is 15.7 Å². The van der Waals surface area contributed by atoms with Gasteiger partial charge in [0.1, 0.15) is 11.6 Å². The molecule has 1 aromatic heterocycles. The second kappa shape index (κ2) is 5.80. The van der Waals surface area contributed by atoms with Crippen LogP contribution in [0.1, 0.15) is 57.6 Å². The molecule has 0 saturated carbocycles. The number of nitrogens with zero attached hydrogens (tertiary/aromatic N) is 2. The zero-order valence-electron chi connectivity index (χ0n) is 14.6. The first-order chi connectivity index (χ1) is 10.5. The van der Waals surface area contributed by atoms with Crippen LogP contribution >= 0.6 is 0 Å². The number of aromatic nitrogens is 2. The second-order valence-electron chi connectivity index (χ2n) is 7.71. The summed E-state index contributed by atoms with van der Waals surface area (Å²) in [5, 5.41) is 7.49. The Morgan fingerprint density at radius 1 is 1.13 bits per heavy atom. The summed E-state index contributed by atoms with van der Waals surface area (Å²) < 4.78 is 15.1. The number of nitrogens with one attached hydrogen (secondary N) is 1. The lowest BCUT2D eigenvalue weighted by molar-refractivity contribution is 0.102. The predicted octanol–water partition coefficient (Wildman–Crippen LogP) is 4.33. The highest BCUT2D eigenvalue weighted by molar-refractivity contribution is 6.03. The monoisotopic (exact) mass is 317 g/mol. The number of carbonyl (C=O) groups is 1. The fourth-order valence-electron chi connectivity index (χ4n) is 2.17. The summed E-state index contributed by atoms with van der Waals surface area (Å²) in [5.41, 5.74) is 0.758. The molecule has 0 atom stereocenters. The number of carbonyl (C=O) groups excluding carboxylic acids is 1. The molecule has 23 heavy (non-hydrogen) atoms. The van der Waals surface area contributed by atoms with Crippen LogP contribution in [0.25, 0.3) is 0 Å². The molecule has 0 unspecified atom stereocenters. The van der Waals surface area contributed by atoms with Crippen molar-refractivity contribution in [2.75, 3.05) is 5.32 Å². The Labute approximate surface area is 136 Å². The molecular formula is C18H24FN3O. The molecule has 0 fully saturated rings. The van der Waals surface area contributed by atoms with E-state index in [4.69, 9.17) is 0 Å². The Hall–Kier alpha value is -2.17. The topological polar surface area (TPSA) is 46.9 Å². The van der Waals surface area contributed by atoms with Gasteiger partial charge in [-0.1, -0.05) is 26.8 Å². The Morgan fingerprint density at radius 3 is 2.30 bits per heavy atom. The average Bonchev–Trinajstić information content (AvgIpc) is 2.82. The van der Waals surface area contributed by atoms with Crippen molar-refractivity contribution in [1.82, 2.24) is 9.78 Å². The molecule has 2 aromatic rings. The lowest BCUT2D eigenvalue weighted by atomic mass is 9.92. The van der Waals surface area contributed by atoms with E-state index in [-0.39, 0.29) is 22.4 Å². The normalized spacial score (nSPS) is 12.3. The van der Waals surface area contributed by atoms with Gasteiger partial charge in [-0.2, -0.15) is 5.10 Å². The number of benzene rings is 1. The van der Waals surface area contributed by atoms with E-state index in [1.165, 1.54) is 18.2 Å². The van der Waals surface area contributed by atoms with E-state index in [1.54, 1.807) is 10.7 Å². The molecule has 0 aliphatic carbocycles. The fourth-order valence-corrected chi connectivity index (χ4v) is 2.17. The van der Waals surface area contributed by atoms with E-state index in [0.29, 0.717) is 5.82 Å². The SMILES string of the molecule is CC(C)(C)c1cc(NC(=O)c2cccc(F)c2)n(C(C)(C)C)n1. The minimum atomic E-state index is -0.433. The molecule has 2 rings (SSSR count). The molecular weight excluding hydrogens is 293 g/mol. The quantitative estimate of drug-likeness (QED) is 0.896. The van der Waals surface area contributed by atoms with Gasteiger partial charge in [-0.15, -0.1) is 0 Å². The number of amides is 1. The molecule has 124 valence electrons. The molecule has 0 radical (unpaired) electrons. The predicted molar refractivity (Wildman–Crippen MR) is 90.3 cm³/mol. The van der Waals surface area contributed by atoms with Crippen molar-refractivity contribution in [3.8, 4) is 0 Å². The fraction of sp³-hybridized carbons (Fsp3) is 0.444. The zero-order chi connectivity index (χ0) is 17.4. The maximum absolute atomic E-state index is 13.3. The largest absolute Gasteiger partial charge is 0.307 e. The van der Waals surface area contributed by atoms with Crippen molar-refractivity contribution in [1.29, 1.82) is 0 Å². The first-order valence-electron chi connectivity index (χ1n) is 7.66. The van der Waals surface area contributed by atoms with Gasteiger partial charge in [0.2, 0.25) is 0 Å². The molecule has 1 N–H and O–H groups in total. The van der Waals surface area contributed by atoms with Gasteiger partial charge in [-0.3, -0.25) is 4.79 Å². The Morgan fingerprint density at radius 2 is 1.78 bits per heavy atom. The molecule has 0 bridgehead atoms. The minimum Gasteiger partial charge on any atom is -0.307 e. The first kappa shape index (κ1) is 17.2. The summed E-state index contributed by atoms with van der Waals surface area (Å²) in [6.45, 7) is 12.3. The van der Waals surface area contributed by atoms with E-state index >= 15 is 0 Å². The van der Waals surface area contributed by atoms with Gasteiger partial charge in [0, 0.05) is 17.0 Å². The third-order valence-corrected chi connectivity index (χ3v) is 3.44. The zero-order valence-corrected chi connectivity index (χ0v) is 14.6. The van der Waals surface area contributed by atoms with Gasteiger partial charge in [0.25, 0.3) is 5.91 Å². The Kier molecular flexibility index (Phi) is 4.33. The third kappa shape index (κ3) is 3.97. The molecule has 4 nitrogen and oxygen atoms in total. The molecule has 1 aromatic carbocycles. The van der Waals surface area contributed by atoms with Crippen LogP contribution in [0.15, 0.2) is 30.3 Å². The average molecular weight is 317 g/mol. The van der Waals surface area contributed by atoms with Gasteiger partial charge < -0.3 is 5.32 Å². The first-order valence-corrected chi connectivity index (χ1v) is 7.66. The van der Waals surface area contributed by atoms with E-state index in [2.05, 4.69) is 31.2 Å². The summed E-state index contributed by atoms with van der Waals surface area (Å²) in [6, 6.07) is 7.51. The number of anilines is 1. The summed E-state index contributed by atoms with van der Waals surface area (Å²) in [6.07, 6.45) is 0. The van der Waals surface area contributed by atoms with Crippen molar-refractivity contribution < 1.29 is 9.18 Å².